The number of fused-ring (bicyclic) bond motifs is 1. The van der Waals surface area contributed by atoms with Crippen LogP contribution in [-0.2, 0) is 0 Å². The first kappa shape index (κ1) is 18.6. The van der Waals surface area contributed by atoms with Crippen LogP contribution in [0.5, 0.6) is 0 Å². The molecule has 0 spiro atoms. The Hall–Kier alpha value is -3.80. The van der Waals surface area contributed by atoms with Crippen LogP contribution >= 0.6 is 11.6 Å². The van der Waals surface area contributed by atoms with Gasteiger partial charge < -0.3 is 4.42 Å². The first-order chi connectivity index (χ1) is 13.9. The molecule has 3 aromatic rings. The molecule has 0 saturated heterocycles. The number of furan rings is 1. The van der Waals surface area contributed by atoms with Gasteiger partial charge in [0.05, 0.1) is 0 Å². The van der Waals surface area contributed by atoms with Crippen molar-refractivity contribution in [2.75, 3.05) is 5.73 Å². The Morgan fingerprint density at radius 3 is 2.62 bits per heavy atom. The first-order valence-corrected chi connectivity index (χ1v) is 9.27. The number of aromatic nitrogens is 1. The van der Waals surface area contributed by atoms with Crippen molar-refractivity contribution >= 4 is 34.6 Å². The average molecular weight is 400 g/mol. The molecule has 1 aliphatic carbocycles. The molecular formula is C23H16ClN4O+. The van der Waals surface area contributed by atoms with Crippen LogP contribution in [0.3, 0.4) is 0 Å². The van der Waals surface area contributed by atoms with E-state index in [1.807, 2.05) is 56.3 Å². The number of aromatic amines is 1. The van der Waals surface area contributed by atoms with Crippen LogP contribution in [0, 0.1) is 29.6 Å². The minimum atomic E-state index is 0.256. The van der Waals surface area contributed by atoms with Gasteiger partial charge >= 0.3 is 0 Å². The SMILES string of the molecule is CC1=C(C#N)c2[nH+]c(N)c(C#N)c(C)c2C1=Cc1ccc(-c2cccc(Cl)c2)o1. The van der Waals surface area contributed by atoms with Crippen molar-refractivity contribution in [2.45, 2.75) is 13.8 Å². The topological polar surface area (TPSA) is 101 Å². The summed E-state index contributed by atoms with van der Waals surface area (Å²) < 4.78 is 6.00. The zero-order chi connectivity index (χ0) is 20.7. The molecule has 1 aromatic carbocycles. The van der Waals surface area contributed by atoms with E-state index < -0.39 is 0 Å². The molecule has 2 aromatic heterocycles. The summed E-state index contributed by atoms with van der Waals surface area (Å²) in [6.07, 6.45) is 1.88. The van der Waals surface area contributed by atoms with Gasteiger partial charge in [-0.3, -0.25) is 5.73 Å². The second-order valence-corrected chi connectivity index (χ2v) is 7.22. The van der Waals surface area contributed by atoms with Crippen LogP contribution < -0.4 is 10.7 Å². The zero-order valence-corrected chi connectivity index (χ0v) is 16.6. The van der Waals surface area contributed by atoms with E-state index in [1.165, 1.54) is 0 Å². The van der Waals surface area contributed by atoms with E-state index in [1.54, 1.807) is 0 Å². The van der Waals surface area contributed by atoms with Gasteiger partial charge in [0.15, 0.2) is 5.69 Å². The van der Waals surface area contributed by atoms with Crippen LogP contribution in [0.2, 0.25) is 5.02 Å². The highest BCUT2D eigenvalue weighted by Crippen LogP contribution is 2.43. The summed E-state index contributed by atoms with van der Waals surface area (Å²) in [5.41, 5.74) is 11.5. The van der Waals surface area contributed by atoms with Crippen LogP contribution in [0.15, 0.2) is 46.4 Å². The molecule has 2 heterocycles. The lowest BCUT2D eigenvalue weighted by Crippen LogP contribution is -2.20. The molecule has 0 bridgehead atoms. The van der Waals surface area contributed by atoms with Crippen molar-refractivity contribution < 1.29 is 9.40 Å². The van der Waals surface area contributed by atoms with Crippen molar-refractivity contribution in [3.8, 4) is 23.5 Å². The highest BCUT2D eigenvalue weighted by molar-refractivity contribution is 6.30. The van der Waals surface area contributed by atoms with E-state index in [2.05, 4.69) is 17.1 Å². The number of anilines is 1. The third-order valence-corrected chi connectivity index (χ3v) is 5.31. The van der Waals surface area contributed by atoms with E-state index in [4.69, 9.17) is 21.8 Å². The number of pyridine rings is 1. The monoisotopic (exact) mass is 399 g/mol. The molecule has 5 nitrogen and oxygen atoms in total. The van der Waals surface area contributed by atoms with E-state index in [-0.39, 0.29) is 5.82 Å². The number of halogens is 1. The Balaban J connectivity index is 1.87. The molecular weight excluding hydrogens is 384 g/mol. The lowest BCUT2D eigenvalue weighted by atomic mass is 9.96. The van der Waals surface area contributed by atoms with Crippen LogP contribution in [0.1, 0.15) is 35.1 Å². The number of nitrogens with one attached hydrogen (secondary N) is 1. The van der Waals surface area contributed by atoms with Crippen molar-refractivity contribution in [1.29, 1.82) is 10.5 Å². The van der Waals surface area contributed by atoms with E-state index >= 15 is 0 Å². The lowest BCUT2D eigenvalue weighted by molar-refractivity contribution is -0.364. The summed E-state index contributed by atoms with van der Waals surface area (Å²) >= 11 is 6.07. The normalized spacial score (nSPS) is 14.0. The fourth-order valence-corrected chi connectivity index (χ4v) is 3.83. The molecule has 0 aliphatic heterocycles. The summed E-state index contributed by atoms with van der Waals surface area (Å²) in [5, 5.41) is 19.8. The smallest absolute Gasteiger partial charge is 0.289 e. The number of hydrogen-bond donors (Lipinski definition) is 1. The number of hydrogen-bond acceptors (Lipinski definition) is 4. The highest BCUT2D eigenvalue weighted by Gasteiger charge is 2.32. The van der Waals surface area contributed by atoms with Crippen molar-refractivity contribution in [3.63, 3.8) is 0 Å². The molecule has 0 fully saturated rings. The van der Waals surface area contributed by atoms with Gasteiger partial charge in [-0.15, -0.1) is 0 Å². The van der Waals surface area contributed by atoms with E-state index in [0.717, 1.165) is 27.8 Å². The van der Waals surface area contributed by atoms with Crippen molar-refractivity contribution in [1.82, 2.24) is 0 Å². The van der Waals surface area contributed by atoms with Gasteiger partial charge in [-0.05, 0) is 60.9 Å². The number of nitrogens with two attached hydrogens (primary N) is 1. The molecule has 0 atom stereocenters. The van der Waals surface area contributed by atoms with Crippen molar-refractivity contribution in [3.05, 3.63) is 75.1 Å². The first-order valence-electron chi connectivity index (χ1n) is 8.89. The van der Waals surface area contributed by atoms with Crippen molar-refractivity contribution in [2.24, 2.45) is 0 Å². The van der Waals surface area contributed by atoms with Crippen LogP contribution in [0.4, 0.5) is 5.82 Å². The third kappa shape index (κ3) is 2.99. The van der Waals surface area contributed by atoms with Gasteiger partial charge in [-0.25, -0.2) is 4.98 Å². The summed E-state index contributed by atoms with van der Waals surface area (Å²) in [5.74, 6) is 1.58. The molecule has 0 saturated carbocycles. The zero-order valence-electron chi connectivity index (χ0n) is 15.8. The quantitative estimate of drug-likeness (QED) is 0.653. The predicted octanol–water partition coefficient (Wildman–Crippen LogP) is 5.03. The predicted molar refractivity (Wildman–Crippen MR) is 112 cm³/mol. The van der Waals surface area contributed by atoms with Gasteiger partial charge in [-0.1, -0.05) is 23.7 Å². The van der Waals surface area contributed by atoms with E-state index in [0.29, 0.717) is 33.4 Å². The molecule has 140 valence electrons. The van der Waals surface area contributed by atoms with Gasteiger partial charge in [0.2, 0.25) is 0 Å². The minimum absolute atomic E-state index is 0.256. The molecule has 0 amide bonds. The number of allylic oxidation sites excluding steroid dienone is 3. The maximum absolute atomic E-state index is 9.66. The maximum Gasteiger partial charge on any atom is 0.289 e. The van der Waals surface area contributed by atoms with Crippen LogP contribution in [-0.4, -0.2) is 0 Å². The molecule has 6 heteroatoms. The summed E-state index contributed by atoms with van der Waals surface area (Å²) in [6, 6.07) is 15.5. The van der Waals surface area contributed by atoms with E-state index in [9.17, 15) is 10.5 Å². The third-order valence-electron chi connectivity index (χ3n) is 5.07. The number of H-pyrrole nitrogens is 1. The Bertz CT molecular complexity index is 1320. The molecule has 3 N–H and O–H groups in total. The second kappa shape index (κ2) is 6.98. The number of rotatable bonds is 2. The summed E-state index contributed by atoms with van der Waals surface area (Å²) in [7, 11) is 0. The Morgan fingerprint density at radius 1 is 1.14 bits per heavy atom. The highest BCUT2D eigenvalue weighted by atomic mass is 35.5. The largest absolute Gasteiger partial charge is 0.457 e. The molecule has 1 aliphatic rings. The molecule has 0 radical (unpaired) electrons. The Kier molecular flexibility index (Phi) is 4.47. The fourth-order valence-electron chi connectivity index (χ4n) is 3.64. The summed E-state index contributed by atoms with van der Waals surface area (Å²) in [6.45, 7) is 3.71. The van der Waals surface area contributed by atoms with Crippen LogP contribution in [0.25, 0.3) is 28.5 Å². The van der Waals surface area contributed by atoms with Gasteiger partial charge in [0.25, 0.3) is 5.82 Å². The summed E-state index contributed by atoms with van der Waals surface area (Å²) in [4.78, 5) is 3.02. The second-order valence-electron chi connectivity index (χ2n) is 6.78. The number of nitrogens with zero attached hydrogens (tertiary/aromatic N) is 2. The standard InChI is InChI=1S/C23H15ClN4O/c1-12-17(9-16-6-7-20(29-16)14-4-3-5-15(24)8-14)21-13(2)19(11-26)23(27)28-22(21)18(12)10-25/h3-9H,1-2H3,(H2,27,28)/p+1. The van der Waals surface area contributed by atoms with Gasteiger partial charge in [-0.2, -0.15) is 10.5 Å². The molecule has 29 heavy (non-hydrogen) atoms. The minimum Gasteiger partial charge on any atom is -0.457 e. The molecule has 4 rings (SSSR count). The lowest BCUT2D eigenvalue weighted by Gasteiger charge is -2.07. The van der Waals surface area contributed by atoms with Gasteiger partial charge in [0, 0.05) is 16.1 Å². The Morgan fingerprint density at radius 2 is 1.93 bits per heavy atom. The number of nitrogen functional groups attached to an aromatic ring is 1. The fraction of sp³-hybridized carbons (Fsp3) is 0.0870. The number of nitriles is 2. The maximum atomic E-state index is 9.66. The Labute approximate surface area is 173 Å². The number of benzene rings is 1. The van der Waals surface area contributed by atoms with Gasteiger partial charge in [0.1, 0.15) is 34.8 Å². The average Bonchev–Trinajstić information content (AvgIpc) is 3.25. The molecule has 0 unspecified atom stereocenters.